The standard InChI is InChI=1S/C13H16N4O/c1-17-12(8-14)15-13(16-17)10-4-5-11-9(7-10)3-2-6-18-11/h4-5,7H,2-3,6,8,14H2,1H3. The summed E-state index contributed by atoms with van der Waals surface area (Å²) in [5.74, 6) is 2.50. The third kappa shape index (κ3) is 1.86. The number of nitrogens with zero attached hydrogens (tertiary/aromatic N) is 3. The van der Waals surface area contributed by atoms with Crippen LogP contribution in [0.4, 0.5) is 0 Å². The van der Waals surface area contributed by atoms with Crippen LogP contribution < -0.4 is 10.5 Å². The summed E-state index contributed by atoms with van der Waals surface area (Å²) in [4.78, 5) is 4.43. The van der Waals surface area contributed by atoms with Gasteiger partial charge in [0.25, 0.3) is 0 Å². The summed E-state index contributed by atoms with van der Waals surface area (Å²) in [5, 5.41) is 4.39. The zero-order valence-electron chi connectivity index (χ0n) is 10.4. The molecule has 0 saturated heterocycles. The smallest absolute Gasteiger partial charge is 0.181 e. The lowest BCUT2D eigenvalue weighted by Gasteiger charge is -2.17. The van der Waals surface area contributed by atoms with E-state index >= 15 is 0 Å². The van der Waals surface area contributed by atoms with Crippen LogP contribution in [0.1, 0.15) is 17.8 Å². The van der Waals surface area contributed by atoms with Crippen LogP contribution in [0.2, 0.25) is 0 Å². The van der Waals surface area contributed by atoms with Gasteiger partial charge in [-0.05, 0) is 36.6 Å². The maximum Gasteiger partial charge on any atom is 0.181 e. The van der Waals surface area contributed by atoms with Crippen molar-refractivity contribution in [3.05, 3.63) is 29.6 Å². The van der Waals surface area contributed by atoms with E-state index < -0.39 is 0 Å². The minimum absolute atomic E-state index is 0.400. The number of ether oxygens (including phenoxy) is 1. The van der Waals surface area contributed by atoms with Gasteiger partial charge in [-0.25, -0.2) is 4.98 Å². The van der Waals surface area contributed by atoms with Gasteiger partial charge in [0.1, 0.15) is 11.6 Å². The molecule has 0 bridgehead atoms. The van der Waals surface area contributed by atoms with Crippen molar-refractivity contribution < 1.29 is 4.74 Å². The Morgan fingerprint density at radius 3 is 3.11 bits per heavy atom. The second-order valence-corrected chi connectivity index (χ2v) is 4.45. The van der Waals surface area contributed by atoms with Gasteiger partial charge in [0.15, 0.2) is 5.82 Å². The first-order chi connectivity index (χ1) is 8.78. The molecule has 0 fully saturated rings. The van der Waals surface area contributed by atoms with Gasteiger partial charge < -0.3 is 10.5 Å². The number of nitrogens with two attached hydrogens (primary N) is 1. The number of aromatic nitrogens is 3. The first kappa shape index (κ1) is 11.2. The van der Waals surface area contributed by atoms with Crippen LogP contribution in [0.5, 0.6) is 5.75 Å². The van der Waals surface area contributed by atoms with Crippen LogP contribution >= 0.6 is 0 Å². The molecule has 0 radical (unpaired) electrons. The van der Waals surface area contributed by atoms with Crippen LogP contribution in [0, 0.1) is 0 Å². The van der Waals surface area contributed by atoms with Crippen molar-refractivity contribution in [3.8, 4) is 17.1 Å². The summed E-state index contributed by atoms with van der Waals surface area (Å²) in [6.07, 6.45) is 2.12. The second-order valence-electron chi connectivity index (χ2n) is 4.45. The van der Waals surface area contributed by atoms with Crippen LogP contribution in [-0.4, -0.2) is 21.4 Å². The van der Waals surface area contributed by atoms with Gasteiger partial charge in [0.2, 0.25) is 0 Å². The van der Waals surface area contributed by atoms with E-state index in [2.05, 4.69) is 16.1 Å². The molecule has 5 heteroatoms. The summed E-state index contributed by atoms with van der Waals surface area (Å²) in [5.41, 5.74) is 7.87. The Morgan fingerprint density at radius 1 is 1.44 bits per heavy atom. The largest absolute Gasteiger partial charge is 0.493 e. The van der Waals surface area contributed by atoms with Gasteiger partial charge in [-0.2, -0.15) is 5.10 Å². The average Bonchev–Trinajstić information content (AvgIpc) is 2.79. The molecule has 1 aromatic heterocycles. The minimum Gasteiger partial charge on any atom is -0.493 e. The Hall–Kier alpha value is -1.88. The third-order valence-electron chi connectivity index (χ3n) is 3.20. The first-order valence-electron chi connectivity index (χ1n) is 6.14. The van der Waals surface area contributed by atoms with Crippen LogP contribution in [0.25, 0.3) is 11.4 Å². The van der Waals surface area contributed by atoms with E-state index in [0.717, 1.165) is 42.4 Å². The monoisotopic (exact) mass is 244 g/mol. The molecule has 2 aromatic rings. The number of fused-ring (bicyclic) bond motifs is 1. The molecule has 18 heavy (non-hydrogen) atoms. The lowest BCUT2D eigenvalue weighted by molar-refractivity contribution is 0.288. The number of hydrogen-bond acceptors (Lipinski definition) is 4. The lowest BCUT2D eigenvalue weighted by Crippen LogP contribution is -2.08. The molecule has 0 spiro atoms. The topological polar surface area (TPSA) is 66.0 Å². The molecule has 1 aliphatic rings. The van der Waals surface area contributed by atoms with E-state index in [-0.39, 0.29) is 0 Å². The number of hydrogen-bond donors (Lipinski definition) is 1. The van der Waals surface area contributed by atoms with Gasteiger partial charge in [0.05, 0.1) is 13.2 Å². The predicted molar refractivity (Wildman–Crippen MR) is 68.1 cm³/mol. The van der Waals surface area contributed by atoms with Crippen molar-refractivity contribution in [1.82, 2.24) is 14.8 Å². The highest BCUT2D eigenvalue weighted by Crippen LogP contribution is 2.28. The second kappa shape index (κ2) is 4.42. The molecule has 2 N–H and O–H groups in total. The summed E-state index contributed by atoms with van der Waals surface area (Å²) in [7, 11) is 1.86. The summed E-state index contributed by atoms with van der Waals surface area (Å²) in [6, 6.07) is 6.12. The Kier molecular flexibility index (Phi) is 2.76. The Bertz CT molecular complexity index is 576. The molecule has 0 atom stereocenters. The van der Waals surface area contributed by atoms with Crippen molar-refractivity contribution in [2.24, 2.45) is 12.8 Å². The molecule has 0 saturated carbocycles. The van der Waals surface area contributed by atoms with E-state index in [4.69, 9.17) is 10.5 Å². The molecular formula is C13H16N4O. The fraction of sp³-hybridized carbons (Fsp3) is 0.385. The molecule has 0 amide bonds. The molecule has 0 unspecified atom stereocenters. The quantitative estimate of drug-likeness (QED) is 0.863. The zero-order chi connectivity index (χ0) is 12.5. The summed E-state index contributed by atoms with van der Waals surface area (Å²) >= 11 is 0. The van der Waals surface area contributed by atoms with E-state index in [1.165, 1.54) is 5.56 Å². The third-order valence-corrected chi connectivity index (χ3v) is 3.20. The maximum atomic E-state index is 5.61. The molecule has 2 heterocycles. The highest BCUT2D eigenvalue weighted by Gasteiger charge is 2.14. The fourth-order valence-corrected chi connectivity index (χ4v) is 2.22. The SMILES string of the molecule is Cn1nc(-c2ccc3c(c2)CCCO3)nc1CN. The normalized spacial score (nSPS) is 14.1. The molecule has 94 valence electrons. The molecular weight excluding hydrogens is 228 g/mol. The van der Waals surface area contributed by atoms with E-state index in [1.54, 1.807) is 4.68 Å². The summed E-state index contributed by atoms with van der Waals surface area (Å²) in [6.45, 7) is 1.21. The van der Waals surface area contributed by atoms with E-state index in [0.29, 0.717) is 6.54 Å². The molecule has 1 aromatic carbocycles. The van der Waals surface area contributed by atoms with Gasteiger partial charge in [-0.3, -0.25) is 4.68 Å². The number of rotatable bonds is 2. The van der Waals surface area contributed by atoms with Crippen molar-refractivity contribution in [3.63, 3.8) is 0 Å². The number of aryl methyl sites for hydroxylation is 2. The van der Waals surface area contributed by atoms with Crippen molar-refractivity contribution >= 4 is 0 Å². The van der Waals surface area contributed by atoms with Crippen molar-refractivity contribution in [2.45, 2.75) is 19.4 Å². The molecule has 1 aliphatic heterocycles. The fourth-order valence-electron chi connectivity index (χ4n) is 2.22. The van der Waals surface area contributed by atoms with Gasteiger partial charge in [0, 0.05) is 12.6 Å². The summed E-state index contributed by atoms with van der Waals surface area (Å²) < 4.78 is 7.33. The van der Waals surface area contributed by atoms with Gasteiger partial charge in [-0.15, -0.1) is 0 Å². The Morgan fingerprint density at radius 2 is 2.33 bits per heavy atom. The van der Waals surface area contributed by atoms with Gasteiger partial charge >= 0.3 is 0 Å². The highest BCUT2D eigenvalue weighted by molar-refractivity contribution is 5.59. The van der Waals surface area contributed by atoms with E-state index in [1.807, 2.05) is 19.2 Å². The predicted octanol–water partition coefficient (Wildman–Crippen LogP) is 1.27. The number of benzene rings is 1. The van der Waals surface area contributed by atoms with Crippen LogP contribution in [-0.2, 0) is 20.0 Å². The van der Waals surface area contributed by atoms with Crippen LogP contribution in [0.15, 0.2) is 18.2 Å². The Labute approximate surface area is 106 Å². The van der Waals surface area contributed by atoms with Crippen LogP contribution in [0.3, 0.4) is 0 Å². The van der Waals surface area contributed by atoms with E-state index in [9.17, 15) is 0 Å². The maximum absolute atomic E-state index is 5.61. The molecule has 0 aliphatic carbocycles. The first-order valence-corrected chi connectivity index (χ1v) is 6.14. The molecule has 3 rings (SSSR count). The lowest BCUT2D eigenvalue weighted by atomic mass is 10.0. The van der Waals surface area contributed by atoms with Crippen molar-refractivity contribution in [2.75, 3.05) is 6.61 Å². The minimum atomic E-state index is 0.400. The van der Waals surface area contributed by atoms with Crippen molar-refractivity contribution in [1.29, 1.82) is 0 Å². The highest BCUT2D eigenvalue weighted by atomic mass is 16.5. The zero-order valence-corrected chi connectivity index (χ0v) is 10.4. The average molecular weight is 244 g/mol. The van der Waals surface area contributed by atoms with Gasteiger partial charge in [-0.1, -0.05) is 0 Å². The Balaban J connectivity index is 2.00. The molecule has 5 nitrogen and oxygen atoms in total.